The standard InChI is InChI=1S/C25H21NO3S/c1-29-20-14-12-19(13-15-20)22-23(30-21-10-6-3-7-11-21)25(28)26(24(22)27)17-16-18-8-4-2-5-9-18/h2-15H,16-17H2,1H3. The molecule has 0 unspecified atom stereocenters. The number of ether oxygens (including phenoxy) is 1. The van der Waals surface area contributed by atoms with E-state index in [1.807, 2.05) is 72.8 Å². The molecule has 0 fully saturated rings. The summed E-state index contributed by atoms with van der Waals surface area (Å²) in [5, 5.41) is 0. The Morgan fingerprint density at radius 3 is 2.07 bits per heavy atom. The summed E-state index contributed by atoms with van der Waals surface area (Å²) in [5.74, 6) is 0.212. The molecule has 0 aliphatic carbocycles. The molecule has 1 aliphatic heterocycles. The largest absolute Gasteiger partial charge is 0.497 e. The monoisotopic (exact) mass is 415 g/mol. The molecule has 150 valence electrons. The second-order valence-electron chi connectivity index (χ2n) is 6.85. The molecule has 1 aliphatic rings. The van der Waals surface area contributed by atoms with Gasteiger partial charge in [-0.25, -0.2) is 0 Å². The predicted molar refractivity (Wildman–Crippen MR) is 119 cm³/mol. The van der Waals surface area contributed by atoms with E-state index in [1.54, 1.807) is 19.2 Å². The third-order valence-electron chi connectivity index (χ3n) is 4.93. The predicted octanol–water partition coefficient (Wildman–Crippen LogP) is 4.81. The van der Waals surface area contributed by atoms with E-state index in [4.69, 9.17) is 4.74 Å². The topological polar surface area (TPSA) is 46.6 Å². The van der Waals surface area contributed by atoms with Crippen molar-refractivity contribution >= 4 is 29.1 Å². The van der Waals surface area contributed by atoms with E-state index in [1.165, 1.54) is 16.7 Å². The molecule has 3 aromatic rings. The van der Waals surface area contributed by atoms with Gasteiger partial charge in [0.15, 0.2) is 0 Å². The molecule has 4 nitrogen and oxygen atoms in total. The maximum absolute atomic E-state index is 13.3. The molecule has 0 bridgehead atoms. The molecule has 2 amide bonds. The van der Waals surface area contributed by atoms with Crippen LogP contribution >= 0.6 is 11.8 Å². The lowest BCUT2D eigenvalue weighted by Crippen LogP contribution is -2.33. The van der Waals surface area contributed by atoms with Crippen molar-refractivity contribution < 1.29 is 14.3 Å². The summed E-state index contributed by atoms with van der Waals surface area (Å²) in [6.07, 6.45) is 0.623. The minimum Gasteiger partial charge on any atom is -0.497 e. The summed E-state index contributed by atoms with van der Waals surface area (Å²) in [4.78, 5) is 29.3. The summed E-state index contributed by atoms with van der Waals surface area (Å²) in [7, 11) is 1.60. The lowest BCUT2D eigenvalue weighted by Gasteiger charge is -2.15. The van der Waals surface area contributed by atoms with Gasteiger partial charge in [0.1, 0.15) is 5.75 Å². The van der Waals surface area contributed by atoms with Crippen molar-refractivity contribution in [3.05, 3.63) is 101 Å². The SMILES string of the molecule is COc1ccc(C2=C(Sc3ccccc3)C(=O)N(CCc3ccccc3)C2=O)cc1. The van der Waals surface area contributed by atoms with Crippen LogP contribution in [-0.4, -0.2) is 30.4 Å². The van der Waals surface area contributed by atoms with Gasteiger partial charge in [-0.05, 0) is 41.8 Å². The number of carbonyl (C=O) groups is 2. The molecule has 0 atom stereocenters. The number of amides is 2. The summed E-state index contributed by atoms with van der Waals surface area (Å²) in [6.45, 7) is 0.347. The van der Waals surface area contributed by atoms with Gasteiger partial charge in [0.05, 0.1) is 17.6 Å². The second kappa shape index (κ2) is 9.01. The zero-order valence-corrected chi connectivity index (χ0v) is 17.4. The van der Waals surface area contributed by atoms with Crippen molar-refractivity contribution in [1.29, 1.82) is 0 Å². The number of rotatable bonds is 7. The molecule has 0 radical (unpaired) electrons. The maximum Gasteiger partial charge on any atom is 0.268 e. The molecule has 30 heavy (non-hydrogen) atoms. The fourth-order valence-corrected chi connectivity index (χ4v) is 4.39. The first kappa shape index (κ1) is 20.0. The number of imide groups is 1. The van der Waals surface area contributed by atoms with Gasteiger partial charge >= 0.3 is 0 Å². The maximum atomic E-state index is 13.3. The molecule has 0 spiro atoms. The number of benzene rings is 3. The number of nitrogens with zero attached hydrogens (tertiary/aromatic N) is 1. The minimum atomic E-state index is -0.250. The number of methoxy groups -OCH3 is 1. The first-order chi connectivity index (χ1) is 14.7. The summed E-state index contributed by atoms with van der Waals surface area (Å²) < 4.78 is 5.23. The van der Waals surface area contributed by atoms with Gasteiger partial charge in [-0.15, -0.1) is 0 Å². The van der Waals surface area contributed by atoms with Crippen LogP contribution < -0.4 is 4.74 Å². The van der Waals surface area contributed by atoms with Crippen LogP contribution in [-0.2, 0) is 16.0 Å². The smallest absolute Gasteiger partial charge is 0.268 e. The van der Waals surface area contributed by atoms with Gasteiger partial charge in [-0.2, -0.15) is 0 Å². The van der Waals surface area contributed by atoms with Gasteiger partial charge in [-0.1, -0.05) is 72.4 Å². The highest BCUT2D eigenvalue weighted by atomic mass is 32.2. The van der Waals surface area contributed by atoms with Crippen molar-refractivity contribution in [2.24, 2.45) is 0 Å². The van der Waals surface area contributed by atoms with Crippen LogP contribution in [0.5, 0.6) is 5.75 Å². The van der Waals surface area contributed by atoms with E-state index < -0.39 is 0 Å². The van der Waals surface area contributed by atoms with E-state index in [2.05, 4.69) is 0 Å². The Bertz CT molecular complexity index is 1080. The highest BCUT2D eigenvalue weighted by Gasteiger charge is 2.39. The average molecular weight is 416 g/mol. The average Bonchev–Trinajstić information content (AvgIpc) is 3.03. The molecule has 0 saturated heterocycles. The number of thioether (sulfide) groups is 1. The van der Waals surface area contributed by atoms with E-state index in [0.717, 1.165) is 16.0 Å². The zero-order valence-electron chi connectivity index (χ0n) is 16.6. The third kappa shape index (κ3) is 4.16. The van der Waals surface area contributed by atoms with Crippen LogP contribution in [0.4, 0.5) is 0 Å². The molecule has 0 saturated carbocycles. The van der Waals surface area contributed by atoms with E-state index >= 15 is 0 Å². The fraction of sp³-hybridized carbons (Fsp3) is 0.120. The van der Waals surface area contributed by atoms with Gasteiger partial charge in [0.25, 0.3) is 11.8 Å². The molecule has 4 rings (SSSR count). The molecule has 3 aromatic carbocycles. The van der Waals surface area contributed by atoms with Crippen LogP contribution in [0.3, 0.4) is 0 Å². The Morgan fingerprint density at radius 1 is 0.800 bits per heavy atom. The van der Waals surface area contributed by atoms with Crippen LogP contribution in [0.1, 0.15) is 11.1 Å². The third-order valence-corrected chi connectivity index (χ3v) is 6.02. The molecule has 0 N–H and O–H groups in total. The van der Waals surface area contributed by atoms with Gasteiger partial charge in [-0.3, -0.25) is 14.5 Å². The molecule has 0 aromatic heterocycles. The molecular weight excluding hydrogens is 394 g/mol. The van der Waals surface area contributed by atoms with Crippen LogP contribution in [0.2, 0.25) is 0 Å². The van der Waals surface area contributed by atoms with Gasteiger partial charge in [0, 0.05) is 11.4 Å². The Balaban J connectivity index is 1.66. The molecule has 1 heterocycles. The Labute approximate surface area is 180 Å². The fourth-order valence-electron chi connectivity index (χ4n) is 3.36. The van der Waals surface area contributed by atoms with E-state index in [9.17, 15) is 9.59 Å². The first-order valence-corrected chi connectivity index (χ1v) is 10.5. The quantitative estimate of drug-likeness (QED) is 0.520. The van der Waals surface area contributed by atoms with Crippen molar-refractivity contribution in [3.8, 4) is 5.75 Å². The second-order valence-corrected chi connectivity index (χ2v) is 7.93. The lowest BCUT2D eigenvalue weighted by atomic mass is 10.1. The highest BCUT2D eigenvalue weighted by molar-refractivity contribution is 8.04. The van der Waals surface area contributed by atoms with Gasteiger partial charge in [0.2, 0.25) is 0 Å². The Hall–Kier alpha value is -3.31. The summed E-state index contributed by atoms with van der Waals surface area (Å²) in [6, 6.07) is 26.8. The molecule has 5 heteroatoms. The van der Waals surface area contributed by atoms with Crippen LogP contribution in [0, 0.1) is 0 Å². The first-order valence-electron chi connectivity index (χ1n) is 9.69. The highest BCUT2D eigenvalue weighted by Crippen LogP contribution is 2.40. The van der Waals surface area contributed by atoms with Gasteiger partial charge < -0.3 is 4.74 Å². The van der Waals surface area contributed by atoms with Crippen molar-refractivity contribution in [2.45, 2.75) is 11.3 Å². The normalized spacial score (nSPS) is 13.8. The van der Waals surface area contributed by atoms with E-state index in [0.29, 0.717) is 29.2 Å². The van der Waals surface area contributed by atoms with Crippen molar-refractivity contribution in [2.75, 3.05) is 13.7 Å². The van der Waals surface area contributed by atoms with Crippen molar-refractivity contribution in [3.63, 3.8) is 0 Å². The van der Waals surface area contributed by atoms with Crippen LogP contribution in [0.25, 0.3) is 5.57 Å². The minimum absolute atomic E-state index is 0.240. The summed E-state index contributed by atoms with van der Waals surface area (Å²) in [5.41, 5.74) is 2.26. The number of carbonyl (C=O) groups excluding carboxylic acids is 2. The number of hydrogen-bond donors (Lipinski definition) is 0. The molecular formula is C25H21NO3S. The zero-order chi connectivity index (χ0) is 20.9. The Kier molecular flexibility index (Phi) is 6.00. The van der Waals surface area contributed by atoms with E-state index in [-0.39, 0.29) is 11.8 Å². The summed E-state index contributed by atoms with van der Waals surface area (Å²) >= 11 is 1.34. The lowest BCUT2D eigenvalue weighted by molar-refractivity contribution is -0.136. The van der Waals surface area contributed by atoms with Crippen molar-refractivity contribution in [1.82, 2.24) is 4.90 Å². The number of hydrogen-bond acceptors (Lipinski definition) is 4. The van der Waals surface area contributed by atoms with Crippen LogP contribution in [0.15, 0.2) is 94.7 Å². The Morgan fingerprint density at radius 2 is 1.43 bits per heavy atom.